The fraction of sp³-hybridized carbons (Fsp3) is 0. The summed E-state index contributed by atoms with van der Waals surface area (Å²) in [4.78, 5) is 4.29. The van der Waals surface area contributed by atoms with Crippen LogP contribution in [-0.4, -0.2) is 9.55 Å². The molecule has 1 heterocycles. The average molecular weight is 391 g/mol. The molecule has 0 amide bonds. The first kappa shape index (κ1) is 14.0. The number of rotatable bonds is 1. The van der Waals surface area contributed by atoms with Gasteiger partial charge in [0.05, 0.1) is 31.8 Å². The molecule has 1 aromatic heterocycles. The van der Waals surface area contributed by atoms with Crippen molar-refractivity contribution in [1.29, 1.82) is 0 Å². The molecule has 20 heavy (non-hydrogen) atoms. The van der Waals surface area contributed by atoms with Crippen molar-refractivity contribution in [3.05, 3.63) is 49.9 Å². The number of nitrogen functional groups attached to an aromatic ring is 1. The van der Waals surface area contributed by atoms with Gasteiger partial charge in [0.1, 0.15) is 0 Å². The second kappa shape index (κ2) is 5.11. The number of nitrogens with two attached hydrogens (primary N) is 1. The molecule has 0 atom stereocenters. The second-order valence-electron chi connectivity index (χ2n) is 4.11. The number of benzene rings is 2. The van der Waals surface area contributed by atoms with Crippen molar-refractivity contribution in [3.63, 3.8) is 0 Å². The zero-order chi connectivity index (χ0) is 14.4. The molecule has 0 spiro atoms. The van der Waals surface area contributed by atoms with E-state index in [0.717, 1.165) is 0 Å². The third-order valence-electron chi connectivity index (χ3n) is 2.91. The number of halogens is 4. The van der Waals surface area contributed by atoms with Crippen molar-refractivity contribution < 1.29 is 0 Å². The van der Waals surface area contributed by atoms with E-state index in [1.54, 1.807) is 22.8 Å². The molecular formula is C13H7BrCl3N3. The Hall–Kier alpha value is -0.940. The minimum Gasteiger partial charge on any atom is -0.369 e. The number of anilines is 1. The van der Waals surface area contributed by atoms with E-state index in [4.69, 9.17) is 40.5 Å². The van der Waals surface area contributed by atoms with Crippen molar-refractivity contribution in [1.82, 2.24) is 9.55 Å². The van der Waals surface area contributed by atoms with Crippen LogP contribution < -0.4 is 5.73 Å². The molecule has 0 bridgehead atoms. The van der Waals surface area contributed by atoms with Crippen LogP contribution in [0.2, 0.25) is 15.1 Å². The second-order valence-corrected chi connectivity index (χ2v) is 6.12. The highest BCUT2D eigenvalue weighted by molar-refractivity contribution is 9.10. The molecule has 2 aromatic carbocycles. The van der Waals surface area contributed by atoms with Crippen molar-refractivity contribution in [2.24, 2.45) is 0 Å². The molecule has 2 N–H and O–H groups in total. The maximum Gasteiger partial charge on any atom is 0.206 e. The number of nitrogens with zero attached hydrogens (tertiary/aromatic N) is 2. The molecule has 3 rings (SSSR count). The van der Waals surface area contributed by atoms with Crippen LogP contribution in [0.15, 0.2) is 34.8 Å². The quantitative estimate of drug-likeness (QED) is 0.570. The van der Waals surface area contributed by atoms with Crippen LogP contribution in [0.25, 0.3) is 16.7 Å². The van der Waals surface area contributed by atoms with E-state index in [0.29, 0.717) is 42.2 Å². The normalized spacial score (nSPS) is 11.2. The molecule has 0 saturated carbocycles. The molecule has 0 radical (unpaired) electrons. The Morgan fingerprint density at radius 3 is 2.55 bits per heavy atom. The molecule has 102 valence electrons. The minimum atomic E-state index is 0.299. The van der Waals surface area contributed by atoms with E-state index in [1.807, 2.05) is 12.1 Å². The summed E-state index contributed by atoms with van der Waals surface area (Å²) in [5, 5.41) is 1.34. The summed E-state index contributed by atoms with van der Waals surface area (Å²) in [7, 11) is 0. The Balaban J connectivity index is 2.41. The van der Waals surface area contributed by atoms with Crippen LogP contribution in [0, 0.1) is 0 Å². The molecule has 0 fully saturated rings. The lowest BCUT2D eigenvalue weighted by molar-refractivity contribution is 1.11. The fourth-order valence-electron chi connectivity index (χ4n) is 2.04. The third kappa shape index (κ3) is 2.07. The van der Waals surface area contributed by atoms with Crippen LogP contribution in [0.1, 0.15) is 0 Å². The molecule has 0 aliphatic carbocycles. The maximum atomic E-state index is 6.31. The molecule has 0 unspecified atom stereocenters. The molecule has 7 heteroatoms. The number of para-hydroxylation sites is 1. The van der Waals surface area contributed by atoms with Crippen molar-refractivity contribution in [3.8, 4) is 5.69 Å². The van der Waals surface area contributed by atoms with Gasteiger partial charge in [-0.1, -0.05) is 40.9 Å². The van der Waals surface area contributed by atoms with Crippen LogP contribution >= 0.6 is 50.7 Å². The van der Waals surface area contributed by atoms with Gasteiger partial charge in [-0.15, -0.1) is 0 Å². The summed E-state index contributed by atoms with van der Waals surface area (Å²) in [6.07, 6.45) is 0. The number of imidazole rings is 1. The van der Waals surface area contributed by atoms with Crippen molar-refractivity contribution in [2.75, 3.05) is 5.73 Å². The molecule has 0 saturated heterocycles. The first-order chi connectivity index (χ1) is 9.50. The van der Waals surface area contributed by atoms with Gasteiger partial charge in [0, 0.05) is 4.47 Å². The van der Waals surface area contributed by atoms with E-state index in [1.165, 1.54) is 0 Å². The first-order valence-corrected chi connectivity index (χ1v) is 7.49. The summed E-state index contributed by atoms with van der Waals surface area (Å²) in [5.41, 5.74) is 8.02. The Morgan fingerprint density at radius 1 is 1.05 bits per heavy atom. The standard InChI is InChI=1S/C13H7BrCl3N3/c14-6-4-5-9(11(17)10(6)16)20-12-7(15)2-1-3-8(12)19-13(20)18/h1-5H,(H2,18,19). The van der Waals surface area contributed by atoms with Gasteiger partial charge in [0.15, 0.2) is 0 Å². The lowest BCUT2D eigenvalue weighted by Gasteiger charge is -2.11. The zero-order valence-electron chi connectivity index (χ0n) is 9.87. The maximum absolute atomic E-state index is 6.31. The number of aromatic nitrogens is 2. The van der Waals surface area contributed by atoms with Crippen molar-refractivity contribution in [2.45, 2.75) is 0 Å². The van der Waals surface area contributed by atoms with Crippen LogP contribution in [0.3, 0.4) is 0 Å². The summed E-state index contributed by atoms with van der Waals surface area (Å²) in [6.45, 7) is 0. The minimum absolute atomic E-state index is 0.299. The Bertz CT molecular complexity index is 829. The summed E-state index contributed by atoms with van der Waals surface area (Å²) in [5.74, 6) is 0.299. The molecule has 0 aliphatic rings. The highest BCUT2D eigenvalue weighted by atomic mass is 79.9. The van der Waals surface area contributed by atoms with Gasteiger partial charge in [-0.25, -0.2) is 4.98 Å². The van der Waals surface area contributed by atoms with Gasteiger partial charge in [0.2, 0.25) is 5.95 Å². The summed E-state index contributed by atoms with van der Waals surface area (Å²) >= 11 is 22.0. The average Bonchev–Trinajstić information content (AvgIpc) is 2.74. The smallest absolute Gasteiger partial charge is 0.206 e. The molecule has 3 aromatic rings. The van der Waals surface area contributed by atoms with Gasteiger partial charge in [-0.05, 0) is 40.2 Å². The molecule has 0 aliphatic heterocycles. The number of hydrogen-bond acceptors (Lipinski definition) is 2. The fourth-order valence-corrected chi connectivity index (χ4v) is 3.14. The Kier molecular flexibility index (Phi) is 3.58. The SMILES string of the molecule is Nc1nc2cccc(Cl)c2n1-c1ccc(Br)c(Cl)c1Cl. The predicted octanol–water partition coefficient (Wildman–Crippen LogP) is 5.33. The summed E-state index contributed by atoms with van der Waals surface area (Å²) < 4.78 is 2.40. The van der Waals surface area contributed by atoms with Gasteiger partial charge in [-0.2, -0.15) is 0 Å². The number of fused-ring (bicyclic) bond motifs is 1. The highest BCUT2D eigenvalue weighted by Gasteiger charge is 2.17. The monoisotopic (exact) mass is 389 g/mol. The lowest BCUT2D eigenvalue weighted by atomic mass is 10.2. The summed E-state index contributed by atoms with van der Waals surface area (Å²) in [6, 6.07) is 9.03. The van der Waals surface area contributed by atoms with Crippen LogP contribution in [-0.2, 0) is 0 Å². The van der Waals surface area contributed by atoms with E-state index >= 15 is 0 Å². The topological polar surface area (TPSA) is 43.8 Å². The number of hydrogen-bond donors (Lipinski definition) is 1. The van der Waals surface area contributed by atoms with Gasteiger partial charge in [-0.3, -0.25) is 4.57 Å². The van der Waals surface area contributed by atoms with Crippen LogP contribution in [0.4, 0.5) is 5.95 Å². The Labute approximate surface area is 138 Å². The first-order valence-electron chi connectivity index (χ1n) is 5.57. The van der Waals surface area contributed by atoms with Gasteiger partial charge in [0.25, 0.3) is 0 Å². The van der Waals surface area contributed by atoms with E-state index in [9.17, 15) is 0 Å². The third-order valence-corrected chi connectivity index (χ3v) is 4.97. The largest absolute Gasteiger partial charge is 0.369 e. The van der Waals surface area contributed by atoms with E-state index in [-0.39, 0.29) is 0 Å². The Morgan fingerprint density at radius 2 is 1.80 bits per heavy atom. The van der Waals surface area contributed by atoms with Crippen LogP contribution in [0.5, 0.6) is 0 Å². The van der Waals surface area contributed by atoms with E-state index in [2.05, 4.69) is 20.9 Å². The lowest BCUT2D eigenvalue weighted by Crippen LogP contribution is -2.02. The molecule has 3 nitrogen and oxygen atoms in total. The van der Waals surface area contributed by atoms with E-state index < -0.39 is 0 Å². The zero-order valence-corrected chi connectivity index (χ0v) is 13.7. The predicted molar refractivity (Wildman–Crippen MR) is 88.2 cm³/mol. The van der Waals surface area contributed by atoms with Crippen molar-refractivity contribution >= 4 is 67.7 Å². The molecular weight excluding hydrogens is 384 g/mol. The van der Waals surface area contributed by atoms with Gasteiger partial charge >= 0.3 is 0 Å². The highest BCUT2D eigenvalue weighted by Crippen LogP contribution is 2.38. The van der Waals surface area contributed by atoms with Gasteiger partial charge < -0.3 is 5.73 Å².